The fourth-order valence-corrected chi connectivity index (χ4v) is 2.61. The molecular formula is C12H15N5O3. The summed E-state index contributed by atoms with van der Waals surface area (Å²) >= 11 is 0. The number of piperidine rings is 1. The number of nitrogens with zero attached hydrogens (tertiary/aromatic N) is 3. The van der Waals surface area contributed by atoms with E-state index in [4.69, 9.17) is 10.8 Å². The van der Waals surface area contributed by atoms with Gasteiger partial charge in [0.05, 0.1) is 6.42 Å². The van der Waals surface area contributed by atoms with Crippen molar-refractivity contribution >= 4 is 23.5 Å². The molecule has 106 valence electrons. The van der Waals surface area contributed by atoms with Crippen LogP contribution < -0.4 is 16.0 Å². The van der Waals surface area contributed by atoms with Gasteiger partial charge in [-0.05, 0) is 12.8 Å². The van der Waals surface area contributed by atoms with Crippen molar-refractivity contribution in [3.63, 3.8) is 0 Å². The van der Waals surface area contributed by atoms with E-state index in [-0.39, 0.29) is 12.3 Å². The van der Waals surface area contributed by atoms with Gasteiger partial charge in [0.15, 0.2) is 0 Å². The van der Waals surface area contributed by atoms with E-state index >= 15 is 0 Å². The van der Waals surface area contributed by atoms with Crippen molar-refractivity contribution in [2.45, 2.75) is 24.8 Å². The van der Waals surface area contributed by atoms with Crippen LogP contribution >= 0.6 is 0 Å². The molecule has 1 saturated heterocycles. The molecule has 1 aromatic heterocycles. The standard InChI is InChI=1S/C12H15N5O3/c13-12(11(19)20)1-3-17(4-2-12)10-7-5-8(18)16-9(7)14-6-15-10/h6H,1-5,13H2,(H,19,20)(H,14,15,16,18). The van der Waals surface area contributed by atoms with Crippen LogP contribution in [0, 0.1) is 0 Å². The average Bonchev–Trinajstić information content (AvgIpc) is 2.79. The summed E-state index contributed by atoms with van der Waals surface area (Å²) in [5.74, 6) is 0.169. The van der Waals surface area contributed by atoms with Crippen LogP contribution in [0.15, 0.2) is 6.33 Å². The van der Waals surface area contributed by atoms with Crippen molar-refractivity contribution in [2.75, 3.05) is 23.3 Å². The Kier molecular flexibility index (Phi) is 2.82. The summed E-state index contributed by atoms with van der Waals surface area (Å²) in [4.78, 5) is 32.8. The molecule has 0 aromatic carbocycles. The highest BCUT2D eigenvalue weighted by atomic mass is 16.4. The lowest BCUT2D eigenvalue weighted by molar-refractivity contribution is -0.144. The third-order valence-electron chi connectivity index (χ3n) is 3.90. The smallest absolute Gasteiger partial charge is 0.323 e. The minimum atomic E-state index is -1.17. The number of aromatic nitrogens is 2. The van der Waals surface area contributed by atoms with Gasteiger partial charge in [0.2, 0.25) is 5.91 Å². The molecule has 0 atom stereocenters. The first-order chi connectivity index (χ1) is 9.49. The van der Waals surface area contributed by atoms with E-state index in [1.165, 1.54) is 6.33 Å². The highest BCUT2D eigenvalue weighted by Gasteiger charge is 2.39. The lowest BCUT2D eigenvalue weighted by atomic mass is 9.88. The predicted molar refractivity (Wildman–Crippen MR) is 70.4 cm³/mol. The van der Waals surface area contributed by atoms with Crippen LogP contribution in [0.2, 0.25) is 0 Å². The second kappa shape index (κ2) is 4.41. The number of nitrogens with one attached hydrogen (secondary N) is 1. The van der Waals surface area contributed by atoms with Gasteiger partial charge in [-0.2, -0.15) is 0 Å². The number of amides is 1. The molecule has 3 heterocycles. The van der Waals surface area contributed by atoms with Crippen LogP contribution in [0.4, 0.5) is 11.6 Å². The molecule has 0 aliphatic carbocycles. The Morgan fingerprint density at radius 3 is 2.75 bits per heavy atom. The number of hydrogen-bond donors (Lipinski definition) is 3. The monoisotopic (exact) mass is 277 g/mol. The van der Waals surface area contributed by atoms with E-state index in [0.29, 0.717) is 37.6 Å². The van der Waals surface area contributed by atoms with Crippen molar-refractivity contribution in [3.8, 4) is 0 Å². The lowest BCUT2D eigenvalue weighted by Gasteiger charge is -2.37. The molecule has 0 saturated carbocycles. The zero-order valence-corrected chi connectivity index (χ0v) is 10.8. The number of carbonyl (C=O) groups is 2. The zero-order chi connectivity index (χ0) is 14.3. The van der Waals surface area contributed by atoms with Gasteiger partial charge in [0.1, 0.15) is 23.5 Å². The van der Waals surface area contributed by atoms with Gasteiger partial charge in [0.25, 0.3) is 0 Å². The maximum absolute atomic E-state index is 11.4. The fourth-order valence-electron chi connectivity index (χ4n) is 2.61. The summed E-state index contributed by atoms with van der Waals surface area (Å²) in [6, 6.07) is 0. The number of anilines is 2. The third-order valence-corrected chi connectivity index (χ3v) is 3.90. The Balaban J connectivity index is 1.82. The van der Waals surface area contributed by atoms with Crippen molar-refractivity contribution in [1.82, 2.24) is 9.97 Å². The largest absolute Gasteiger partial charge is 0.480 e. The molecule has 8 heteroatoms. The molecule has 4 N–H and O–H groups in total. The van der Waals surface area contributed by atoms with Crippen LogP contribution in [-0.4, -0.2) is 45.6 Å². The number of carbonyl (C=O) groups excluding carboxylic acids is 1. The zero-order valence-electron chi connectivity index (χ0n) is 10.8. The third kappa shape index (κ3) is 1.97. The number of aliphatic carboxylic acids is 1. The van der Waals surface area contributed by atoms with Gasteiger partial charge >= 0.3 is 5.97 Å². The molecule has 0 spiro atoms. The molecule has 20 heavy (non-hydrogen) atoms. The molecule has 3 rings (SSSR count). The number of nitrogens with two attached hydrogens (primary N) is 1. The molecule has 1 fully saturated rings. The summed E-state index contributed by atoms with van der Waals surface area (Å²) in [5.41, 5.74) is 5.46. The van der Waals surface area contributed by atoms with Gasteiger partial charge in [-0.1, -0.05) is 0 Å². The van der Waals surface area contributed by atoms with Gasteiger partial charge in [0, 0.05) is 18.7 Å². The number of rotatable bonds is 2. The summed E-state index contributed by atoms with van der Waals surface area (Å²) < 4.78 is 0. The molecular weight excluding hydrogens is 262 g/mol. The Bertz CT molecular complexity index is 580. The number of carboxylic acids is 1. The van der Waals surface area contributed by atoms with Gasteiger partial charge < -0.3 is 21.1 Å². The van der Waals surface area contributed by atoms with Crippen LogP contribution in [0.1, 0.15) is 18.4 Å². The van der Waals surface area contributed by atoms with E-state index in [1.807, 2.05) is 4.90 Å². The topological polar surface area (TPSA) is 121 Å². The average molecular weight is 277 g/mol. The van der Waals surface area contributed by atoms with Gasteiger partial charge in [-0.3, -0.25) is 9.59 Å². The summed E-state index contributed by atoms with van der Waals surface area (Å²) in [6.07, 6.45) is 2.36. The minimum absolute atomic E-state index is 0.0996. The molecule has 1 aromatic rings. The van der Waals surface area contributed by atoms with Crippen molar-refractivity contribution in [1.29, 1.82) is 0 Å². The second-order valence-electron chi connectivity index (χ2n) is 5.20. The summed E-state index contributed by atoms with van der Waals surface area (Å²) in [5, 5.41) is 11.8. The first-order valence-electron chi connectivity index (χ1n) is 6.40. The Labute approximate surface area is 115 Å². The van der Waals surface area contributed by atoms with E-state index in [0.717, 1.165) is 5.56 Å². The minimum Gasteiger partial charge on any atom is -0.480 e. The molecule has 1 amide bonds. The first-order valence-corrected chi connectivity index (χ1v) is 6.40. The quantitative estimate of drug-likeness (QED) is 0.656. The van der Waals surface area contributed by atoms with Crippen molar-refractivity contribution in [3.05, 3.63) is 11.9 Å². The molecule has 0 radical (unpaired) electrons. The maximum Gasteiger partial charge on any atom is 0.323 e. The lowest BCUT2D eigenvalue weighted by Crippen LogP contribution is -2.55. The SMILES string of the molecule is NC1(C(=O)O)CCN(c2ncnc3c2CC(=O)N3)CC1. The van der Waals surface area contributed by atoms with Crippen LogP contribution in [-0.2, 0) is 16.0 Å². The second-order valence-corrected chi connectivity index (χ2v) is 5.20. The van der Waals surface area contributed by atoms with Crippen molar-refractivity contribution < 1.29 is 14.7 Å². The summed E-state index contributed by atoms with van der Waals surface area (Å²) in [6.45, 7) is 1.00. The van der Waals surface area contributed by atoms with Crippen LogP contribution in [0.5, 0.6) is 0 Å². The Morgan fingerprint density at radius 2 is 2.10 bits per heavy atom. The molecule has 2 aliphatic rings. The predicted octanol–water partition coefficient (Wildman–Crippen LogP) is -0.647. The fraction of sp³-hybridized carbons (Fsp3) is 0.500. The van der Waals surface area contributed by atoms with Crippen LogP contribution in [0.3, 0.4) is 0 Å². The number of fused-ring (bicyclic) bond motifs is 1. The molecule has 8 nitrogen and oxygen atoms in total. The molecule has 0 unspecified atom stereocenters. The molecule has 2 aliphatic heterocycles. The van der Waals surface area contributed by atoms with Crippen LogP contribution in [0.25, 0.3) is 0 Å². The maximum atomic E-state index is 11.4. The van der Waals surface area contributed by atoms with E-state index in [1.54, 1.807) is 0 Å². The van der Waals surface area contributed by atoms with E-state index < -0.39 is 11.5 Å². The molecule has 0 bridgehead atoms. The number of hydrogen-bond acceptors (Lipinski definition) is 6. The van der Waals surface area contributed by atoms with Crippen molar-refractivity contribution in [2.24, 2.45) is 5.73 Å². The van der Waals surface area contributed by atoms with E-state index in [2.05, 4.69) is 15.3 Å². The summed E-state index contributed by atoms with van der Waals surface area (Å²) in [7, 11) is 0. The highest BCUT2D eigenvalue weighted by molar-refractivity contribution is 5.99. The van der Waals surface area contributed by atoms with E-state index in [9.17, 15) is 9.59 Å². The highest BCUT2D eigenvalue weighted by Crippen LogP contribution is 2.31. The normalized spacial score (nSPS) is 20.4. The number of carboxylic acid groups (broad SMARTS) is 1. The van der Waals surface area contributed by atoms with Gasteiger partial charge in [-0.15, -0.1) is 0 Å². The first kappa shape index (κ1) is 12.8. The Morgan fingerprint density at radius 1 is 1.40 bits per heavy atom. The van der Waals surface area contributed by atoms with Gasteiger partial charge in [-0.25, -0.2) is 9.97 Å². The Hall–Kier alpha value is -2.22.